The number of hydrogen-bond acceptors (Lipinski definition) is 5. The molecule has 7 nitrogen and oxygen atoms in total. The number of methoxy groups -OCH3 is 1. The number of alkyl halides is 3. The summed E-state index contributed by atoms with van der Waals surface area (Å²) in [7, 11) is 5.27. The maximum absolute atomic E-state index is 13.1. The summed E-state index contributed by atoms with van der Waals surface area (Å²) in [6, 6.07) is 11.8. The fraction of sp³-hybridized carbons (Fsp3) is 0.320. The average molecular weight is 489 g/mol. The molecule has 1 heterocycles. The molecule has 3 aromatic rings. The van der Waals surface area contributed by atoms with Crippen LogP contribution in [-0.2, 0) is 11.0 Å². The Morgan fingerprint density at radius 3 is 2.43 bits per heavy atom. The minimum atomic E-state index is -4.52. The smallest absolute Gasteiger partial charge is 0.416 e. The predicted octanol–water partition coefficient (Wildman–Crippen LogP) is 4.12. The van der Waals surface area contributed by atoms with Crippen LogP contribution < -0.4 is 10.1 Å². The van der Waals surface area contributed by atoms with Crippen molar-refractivity contribution in [3.05, 3.63) is 76.6 Å². The number of aromatic nitrogens is 2. The minimum absolute atomic E-state index is 0.0581. The Labute approximate surface area is 201 Å². The number of hydrogen-bond donors (Lipinski definition) is 1. The Morgan fingerprint density at radius 1 is 1.11 bits per heavy atom. The number of ether oxygens (including phenoxy) is 1. The van der Waals surface area contributed by atoms with Crippen LogP contribution in [0.3, 0.4) is 0 Å². The van der Waals surface area contributed by atoms with Crippen molar-refractivity contribution < 1.29 is 27.5 Å². The van der Waals surface area contributed by atoms with Crippen molar-refractivity contribution in [2.45, 2.75) is 26.1 Å². The lowest BCUT2D eigenvalue weighted by molar-refractivity contribution is -0.137. The van der Waals surface area contributed by atoms with Gasteiger partial charge in [0, 0.05) is 6.54 Å². The lowest BCUT2D eigenvalue weighted by atomic mass is 10.0. The van der Waals surface area contributed by atoms with Gasteiger partial charge in [-0.3, -0.25) is 9.59 Å². The van der Waals surface area contributed by atoms with Gasteiger partial charge in [-0.15, -0.1) is 0 Å². The molecule has 0 saturated carbocycles. The number of carbonyl (C=O) groups is 2. The topological polar surface area (TPSA) is 76.5 Å². The van der Waals surface area contributed by atoms with Crippen LogP contribution in [0.4, 0.5) is 13.2 Å². The third-order valence-electron chi connectivity index (χ3n) is 5.70. The van der Waals surface area contributed by atoms with Crippen LogP contribution in [-0.4, -0.2) is 54.1 Å². The summed E-state index contributed by atoms with van der Waals surface area (Å²) in [6.45, 7) is 3.24. The van der Waals surface area contributed by atoms with Crippen LogP contribution in [0.15, 0.2) is 48.5 Å². The van der Waals surface area contributed by atoms with Crippen molar-refractivity contribution in [1.29, 1.82) is 0 Å². The monoisotopic (exact) mass is 488 g/mol. The molecule has 0 bridgehead atoms. The highest BCUT2D eigenvalue weighted by molar-refractivity contribution is 6.43. The minimum Gasteiger partial charge on any atom is -0.497 e. The number of halogens is 3. The highest BCUT2D eigenvalue weighted by atomic mass is 19.4. The number of nitrogens with one attached hydrogen (secondary N) is 1. The van der Waals surface area contributed by atoms with Gasteiger partial charge in [-0.25, -0.2) is 4.68 Å². The number of amides is 1. The van der Waals surface area contributed by atoms with E-state index in [4.69, 9.17) is 4.74 Å². The maximum Gasteiger partial charge on any atom is 0.416 e. The van der Waals surface area contributed by atoms with Gasteiger partial charge in [0.25, 0.3) is 11.7 Å². The largest absolute Gasteiger partial charge is 0.497 e. The molecule has 2 aromatic carbocycles. The molecule has 3 rings (SSSR count). The fourth-order valence-electron chi connectivity index (χ4n) is 3.87. The normalized spacial score (nSPS) is 12.5. The van der Waals surface area contributed by atoms with Gasteiger partial charge in [-0.2, -0.15) is 18.3 Å². The molecule has 0 fully saturated rings. The molecule has 1 amide bonds. The van der Waals surface area contributed by atoms with Gasteiger partial charge < -0.3 is 15.0 Å². The maximum atomic E-state index is 13.1. The van der Waals surface area contributed by atoms with Crippen molar-refractivity contribution in [2.24, 2.45) is 0 Å². The lowest BCUT2D eigenvalue weighted by Gasteiger charge is -2.25. The first-order valence-electron chi connectivity index (χ1n) is 10.8. The molecule has 0 aliphatic carbocycles. The van der Waals surface area contributed by atoms with Gasteiger partial charge in [0.2, 0.25) is 0 Å². The van der Waals surface area contributed by atoms with E-state index in [1.165, 1.54) is 23.7 Å². The van der Waals surface area contributed by atoms with Gasteiger partial charge in [0.1, 0.15) is 5.75 Å². The molecule has 0 aliphatic rings. The lowest BCUT2D eigenvalue weighted by Crippen LogP contribution is -2.38. The van der Waals surface area contributed by atoms with Gasteiger partial charge in [-0.05, 0) is 63.8 Å². The van der Waals surface area contributed by atoms with Crippen molar-refractivity contribution in [3.8, 4) is 11.4 Å². The Hall–Kier alpha value is -3.66. The molecule has 35 heavy (non-hydrogen) atoms. The van der Waals surface area contributed by atoms with Crippen LogP contribution in [0.25, 0.3) is 5.69 Å². The second-order valence-electron chi connectivity index (χ2n) is 8.30. The third-order valence-corrected chi connectivity index (χ3v) is 5.70. The first-order chi connectivity index (χ1) is 16.4. The predicted molar refractivity (Wildman–Crippen MR) is 125 cm³/mol. The molecular formula is C25H27F3N4O3. The van der Waals surface area contributed by atoms with Crippen LogP contribution in [0.1, 0.15) is 38.9 Å². The van der Waals surface area contributed by atoms with Crippen LogP contribution in [0, 0.1) is 13.8 Å². The van der Waals surface area contributed by atoms with Crippen molar-refractivity contribution >= 4 is 11.7 Å². The van der Waals surface area contributed by atoms with Gasteiger partial charge in [0.05, 0.1) is 41.4 Å². The van der Waals surface area contributed by atoms with Crippen LogP contribution in [0.5, 0.6) is 5.75 Å². The average Bonchev–Trinajstić information content (AvgIpc) is 3.11. The molecule has 0 aliphatic heterocycles. The van der Waals surface area contributed by atoms with Gasteiger partial charge in [-0.1, -0.05) is 18.2 Å². The Bertz CT molecular complexity index is 1230. The molecule has 1 N–H and O–H groups in total. The van der Waals surface area contributed by atoms with Crippen LogP contribution >= 0.6 is 0 Å². The standard InChI is InChI=1S/C25H27F3N4O3/c1-15-22(16(2)32(30-15)19-10-7-9-18(13-19)25(26,27)28)23(33)24(34)29-14-21(31(3)4)17-8-6-11-20(12-17)35-5/h6-13,21H,14H2,1-5H3,(H,29,34)/t21-/m0/s1. The molecule has 0 spiro atoms. The van der Waals surface area contributed by atoms with Gasteiger partial charge in [0.15, 0.2) is 0 Å². The van der Waals surface area contributed by atoms with E-state index in [9.17, 15) is 22.8 Å². The van der Waals surface area contributed by atoms with Crippen molar-refractivity contribution in [3.63, 3.8) is 0 Å². The zero-order chi connectivity index (χ0) is 25.9. The summed E-state index contributed by atoms with van der Waals surface area (Å²) in [4.78, 5) is 27.7. The summed E-state index contributed by atoms with van der Waals surface area (Å²) < 4.78 is 45.9. The van der Waals surface area contributed by atoms with E-state index in [0.717, 1.165) is 17.7 Å². The quantitative estimate of drug-likeness (QED) is 0.381. The number of benzene rings is 2. The van der Waals surface area contributed by atoms with Crippen molar-refractivity contribution in [1.82, 2.24) is 20.0 Å². The highest BCUT2D eigenvalue weighted by Crippen LogP contribution is 2.31. The zero-order valence-electron chi connectivity index (χ0n) is 20.1. The van der Waals surface area contributed by atoms with Gasteiger partial charge >= 0.3 is 6.18 Å². The Kier molecular flexibility index (Phi) is 7.64. The number of ketones is 1. The summed E-state index contributed by atoms with van der Waals surface area (Å²) >= 11 is 0. The second-order valence-corrected chi connectivity index (χ2v) is 8.30. The number of nitrogens with zero attached hydrogens (tertiary/aromatic N) is 3. The number of aryl methyl sites for hydroxylation is 1. The Morgan fingerprint density at radius 2 is 1.80 bits per heavy atom. The summed E-state index contributed by atoms with van der Waals surface area (Å²) in [6.07, 6.45) is -4.52. The van der Waals surface area contributed by atoms with E-state index < -0.39 is 23.4 Å². The molecule has 0 radical (unpaired) electrons. The van der Waals surface area contributed by atoms with E-state index in [1.807, 2.05) is 43.3 Å². The van der Waals surface area contributed by atoms with E-state index in [1.54, 1.807) is 14.0 Å². The SMILES string of the molecule is COc1cccc([C@H](CNC(=O)C(=O)c2c(C)nn(-c3cccc(C(F)(F)F)c3)c2C)N(C)C)c1. The fourth-order valence-corrected chi connectivity index (χ4v) is 3.87. The molecule has 0 saturated heterocycles. The van der Waals surface area contributed by atoms with E-state index >= 15 is 0 Å². The number of likely N-dealkylation sites (N-methyl/N-ethyl adjacent to an activating group) is 1. The molecular weight excluding hydrogens is 461 g/mol. The molecule has 1 atom stereocenters. The van der Waals surface area contributed by atoms with Crippen molar-refractivity contribution in [2.75, 3.05) is 27.7 Å². The van der Waals surface area contributed by atoms with E-state index in [-0.39, 0.29) is 35.2 Å². The number of rotatable bonds is 8. The molecule has 1 aromatic heterocycles. The third kappa shape index (κ3) is 5.71. The first kappa shape index (κ1) is 26.0. The molecule has 0 unspecified atom stereocenters. The highest BCUT2D eigenvalue weighted by Gasteiger charge is 2.31. The Balaban J connectivity index is 1.82. The first-order valence-corrected chi connectivity index (χ1v) is 10.8. The summed E-state index contributed by atoms with van der Waals surface area (Å²) in [5.41, 5.74) is 0.788. The van der Waals surface area contributed by atoms with E-state index in [2.05, 4.69) is 10.4 Å². The number of Topliss-reactive ketones (excluding diaryl/α,β-unsaturated/α-hetero) is 1. The summed E-state index contributed by atoms with van der Waals surface area (Å²) in [5.74, 6) is -0.957. The second kappa shape index (κ2) is 10.3. The number of carbonyl (C=O) groups excluding carboxylic acids is 2. The molecule has 10 heteroatoms. The van der Waals surface area contributed by atoms with E-state index in [0.29, 0.717) is 5.75 Å². The zero-order valence-corrected chi connectivity index (χ0v) is 20.1. The van der Waals surface area contributed by atoms with Crippen LogP contribution in [0.2, 0.25) is 0 Å². The summed E-state index contributed by atoms with van der Waals surface area (Å²) in [5, 5.41) is 6.90. The molecule has 186 valence electrons.